The van der Waals surface area contributed by atoms with Gasteiger partial charge in [-0.15, -0.1) is 0 Å². The molecule has 0 radical (unpaired) electrons. The summed E-state index contributed by atoms with van der Waals surface area (Å²) in [6.45, 7) is 5.01. The Morgan fingerprint density at radius 2 is 2.28 bits per heavy atom. The van der Waals surface area contributed by atoms with Crippen LogP contribution in [0.15, 0.2) is 28.9 Å². The average Bonchev–Trinajstić information content (AvgIpc) is 3.44. The first-order valence-corrected chi connectivity index (χ1v) is 9.88. The summed E-state index contributed by atoms with van der Waals surface area (Å²) in [4.78, 5) is 17.2. The molecular formula is C21H25N5O3. The van der Waals surface area contributed by atoms with Gasteiger partial charge in [0.25, 0.3) is 5.91 Å². The molecule has 0 saturated heterocycles. The number of hydrogen-bond acceptors (Lipinski definition) is 6. The van der Waals surface area contributed by atoms with Crippen LogP contribution in [-0.2, 0) is 24.1 Å². The summed E-state index contributed by atoms with van der Waals surface area (Å²) in [6.07, 6.45) is 4.27. The van der Waals surface area contributed by atoms with Gasteiger partial charge < -0.3 is 14.6 Å². The zero-order valence-corrected chi connectivity index (χ0v) is 16.9. The number of aryl methyl sites for hydroxylation is 3. The highest BCUT2D eigenvalue weighted by atomic mass is 16.5. The second-order valence-corrected chi connectivity index (χ2v) is 7.23. The number of ether oxygens (including phenoxy) is 1. The van der Waals surface area contributed by atoms with Crippen molar-refractivity contribution in [1.29, 1.82) is 0 Å². The minimum absolute atomic E-state index is 0.00949. The highest BCUT2D eigenvalue weighted by Crippen LogP contribution is 2.34. The molecule has 1 aliphatic carbocycles. The number of aromatic nitrogens is 4. The highest BCUT2D eigenvalue weighted by molar-refractivity contribution is 5.95. The van der Waals surface area contributed by atoms with Crippen LogP contribution in [0.1, 0.15) is 52.5 Å². The molecular weight excluding hydrogens is 370 g/mol. The molecule has 29 heavy (non-hydrogen) atoms. The van der Waals surface area contributed by atoms with E-state index >= 15 is 0 Å². The second-order valence-electron chi connectivity index (χ2n) is 7.23. The predicted octanol–water partition coefficient (Wildman–Crippen LogP) is 2.87. The summed E-state index contributed by atoms with van der Waals surface area (Å²) in [7, 11) is 1.65. The Kier molecular flexibility index (Phi) is 5.44. The Hall–Kier alpha value is -3.00. The van der Waals surface area contributed by atoms with Crippen molar-refractivity contribution in [2.45, 2.75) is 45.7 Å². The molecule has 4 rings (SSSR count). The maximum absolute atomic E-state index is 12.8. The summed E-state index contributed by atoms with van der Waals surface area (Å²) < 4.78 is 12.0. The van der Waals surface area contributed by atoms with Gasteiger partial charge in [0, 0.05) is 25.3 Å². The Bertz CT molecular complexity index is 1020. The van der Waals surface area contributed by atoms with Gasteiger partial charge in [-0.05, 0) is 37.0 Å². The van der Waals surface area contributed by atoms with E-state index in [0.29, 0.717) is 36.9 Å². The fourth-order valence-corrected chi connectivity index (χ4v) is 3.70. The molecule has 0 aliphatic heterocycles. The molecule has 2 aromatic heterocycles. The van der Waals surface area contributed by atoms with Crippen molar-refractivity contribution in [3.05, 3.63) is 52.7 Å². The maximum Gasteiger partial charge on any atom is 0.255 e. The topological polar surface area (TPSA) is 95.1 Å². The van der Waals surface area contributed by atoms with Crippen LogP contribution in [0.2, 0.25) is 0 Å². The quantitative estimate of drug-likeness (QED) is 0.661. The third-order valence-corrected chi connectivity index (χ3v) is 5.27. The number of benzene rings is 1. The van der Waals surface area contributed by atoms with Crippen molar-refractivity contribution in [3.8, 4) is 11.4 Å². The number of carbonyl (C=O) groups excluding carboxylic acids is 1. The van der Waals surface area contributed by atoms with Crippen LogP contribution in [0, 0.1) is 6.92 Å². The van der Waals surface area contributed by atoms with Crippen LogP contribution in [0.3, 0.4) is 0 Å². The van der Waals surface area contributed by atoms with Crippen LogP contribution in [0.4, 0.5) is 0 Å². The summed E-state index contributed by atoms with van der Waals surface area (Å²) in [5.74, 6) is 1.14. The monoisotopic (exact) mass is 395 g/mol. The second kappa shape index (κ2) is 8.16. The lowest BCUT2D eigenvalue weighted by atomic mass is 10.0. The fourth-order valence-electron chi connectivity index (χ4n) is 3.70. The maximum atomic E-state index is 12.8. The molecule has 0 unspecified atom stereocenters. The zero-order valence-electron chi connectivity index (χ0n) is 16.9. The fraction of sp³-hybridized carbons (Fsp3) is 0.429. The van der Waals surface area contributed by atoms with E-state index in [1.165, 1.54) is 5.56 Å². The normalized spacial score (nSPS) is 15.5. The number of amides is 1. The van der Waals surface area contributed by atoms with Gasteiger partial charge in [-0.2, -0.15) is 10.1 Å². The molecule has 2 heterocycles. The molecule has 152 valence electrons. The predicted molar refractivity (Wildman–Crippen MR) is 106 cm³/mol. The van der Waals surface area contributed by atoms with Gasteiger partial charge in [-0.3, -0.25) is 9.48 Å². The van der Waals surface area contributed by atoms with Crippen LogP contribution in [0.25, 0.3) is 11.4 Å². The molecule has 8 nitrogen and oxygen atoms in total. The molecule has 1 aliphatic rings. The van der Waals surface area contributed by atoms with Gasteiger partial charge in [0.05, 0.1) is 30.5 Å². The number of fused-ring (bicyclic) bond motifs is 1. The third kappa shape index (κ3) is 3.93. The molecule has 0 spiro atoms. The number of hydrogen-bond donors (Lipinski definition) is 1. The van der Waals surface area contributed by atoms with Crippen molar-refractivity contribution in [3.63, 3.8) is 0 Å². The molecule has 8 heteroatoms. The van der Waals surface area contributed by atoms with E-state index in [9.17, 15) is 4.79 Å². The SMILES string of the molecule is CCc1nc(-c2ccc3c(c2)CC[C@H]3NC(=O)c2cn(CCOC)nc2C)no1. The molecule has 0 bridgehead atoms. The van der Waals surface area contributed by atoms with E-state index in [-0.39, 0.29) is 11.9 Å². The van der Waals surface area contributed by atoms with Crippen molar-refractivity contribution < 1.29 is 14.1 Å². The van der Waals surface area contributed by atoms with E-state index < -0.39 is 0 Å². The molecule has 3 aromatic rings. The minimum atomic E-state index is -0.0983. The Balaban J connectivity index is 1.48. The average molecular weight is 395 g/mol. The Morgan fingerprint density at radius 1 is 1.41 bits per heavy atom. The van der Waals surface area contributed by atoms with Crippen LogP contribution in [-0.4, -0.2) is 39.5 Å². The van der Waals surface area contributed by atoms with E-state index in [1.54, 1.807) is 18.0 Å². The number of nitrogens with zero attached hydrogens (tertiary/aromatic N) is 4. The largest absolute Gasteiger partial charge is 0.383 e. The summed E-state index contributed by atoms with van der Waals surface area (Å²) in [5, 5.41) is 11.6. The van der Waals surface area contributed by atoms with Crippen molar-refractivity contribution >= 4 is 5.91 Å². The lowest BCUT2D eigenvalue weighted by molar-refractivity contribution is 0.0936. The first-order valence-electron chi connectivity index (χ1n) is 9.88. The lowest BCUT2D eigenvalue weighted by Gasteiger charge is -2.14. The van der Waals surface area contributed by atoms with Gasteiger partial charge in [-0.25, -0.2) is 0 Å². The van der Waals surface area contributed by atoms with Crippen LogP contribution < -0.4 is 5.32 Å². The first-order chi connectivity index (χ1) is 14.1. The molecule has 1 atom stereocenters. The Labute approximate surface area is 169 Å². The standard InChI is InChI=1S/C21H25N5O3/c1-4-19-23-20(25-29-19)15-5-7-16-14(11-15)6-8-18(16)22-21(27)17-12-26(9-10-28-3)24-13(17)2/h5,7,11-12,18H,4,6,8-10H2,1-3H3,(H,22,27)/t18-/m1/s1. The summed E-state index contributed by atoms with van der Waals surface area (Å²) in [5.41, 5.74) is 4.62. The summed E-state index contributed by atoms with van der Waals surface area (Å²) >= 11 is 0. The highest BCUT2D eigenvalue weighted by Gasteiger charge is 2.26. The molecule has 0 fully saturated rings. The van der Waals surface area contributed by atoms with Gasteiger partial charge in [-0.1, -0.05) is 24.2 Å². The van der Waals surface area contributed by atoms with Crippen molar-refractivity contribution in [2.75, 3.05) is 13.7 Å². The van der Waals surface area contributed by atoms with Crippen LogP contribution in [0.5, 0.6) is 0 Å². The number of carbonyl (C=O) groups is 1. The van der Waals surface area contributed by atoms with Gasteiger partial charge in [0.2, 0.25) is 11.7 Å². The smallest absolute Gasteiger partial charge is 0.255 e. The summed E-state index contributed by atoms with van der Waals surface area (Å²) in [6, 6.07) is 6.13. The van der Waals surface area contributed by atoms with Gasteiger partial charge in [0.15, 0.2) is 0 Å². The minimum Gasteiger partial charge on any atom is -0.383 e. The Morgan fingerprint density at radius 3 is 3.03 bits per heavy atom. The lowest BCUT2D eigenvalue weighted by Crippen LogP contribution is -2.27. The van der Waals surface area contributed by atoms with Crippen molar-refractivity contribution in [1.82, 2.24) is 25.2 Å². The molecule has 1 amide bonds. The molecule has 0 saturated carbocycles. The van der Waals surface area contributed by atoms with E-state index in [4.69, 9.17) is 9.26 Å². The molecule has 1 aromatic carbocycles. The van der Waals surface area contributed by atoms with Crippen molar-refractivity contribution in [2.24, 2.45) is 0 Å². The van der Waals surface area contributed by atoms with E-state index in [2.05, 4.69) is 32.7 Å². The van der Waals surface area contributed by atoms with E-state index in [0.717, 1.165) is 29.7 Å². The molecule has 1 N–H and O–H groups in total. The third-order valence-electron chi connectivity index (χ3n) is 5.27. The number of nitrogens with one attached hydrogen (secondary N) is 1. The van der Waals surface area contributed by atoms with Gasteiger partial charge >= 0.3 is 0 Å². The van der Waals surface area contributed by atoms with Crippen LogP contribution >= 0.6 is 0 Å². The van der Waals surface area contributed by atoms with Gasteiger partial charge in [0.1, 0.15) is 0 Å². The number of methoxy groups -OCH3 is 1. The zero-order chi connectivity index (χ0) is 20.4. The number of rotatable bonds is 7. The van der Waals surface area contributed by atoms with E-state index in [1.807, 2.05) is 19.9 Å². The first kappa shape index (κ1) is 19.3.